The maximum absolute atomic E-state index is 12.9. The SMILES string of the molecule is Cc1nc(Nc2ncc(C(=O)Nc3c(C)cccc3Cl)s2)cc(N2CCC(CN3CCN(c4ccc(C5CCC(=O)N(C)C5=O)cc4)CC3)CC2)n1. The third-order valence-electron chi connectivity index (χ3n) is 10.4. The van der Waals surface area contributed by atoms with Crippen molar-refractivity contribution in [2.75, 3.05) is 73.3 Å². The Balaban J connectivity index is 0.874. The van der Waals surface area contributed by atoms with E-state index in [9.17, 15) is 14.4 Å². The molecule has 0 aliphatic carbocycles. The second-order valence-electron chi connectivity index (χ2n) is 13.9. The first-order chi connectivity index (χ1) is 25.1. The van der Waals surface area contributed by atoms with Gasteiger partial charge in [0.05, 0.1) is 22.8 Å². The van der Waals surface area contributed by atoms with Crippen LogP contribution in [-0.2, 0) is 9.59 Å². The minimum Gasteiger partial charge on any atom is -0.369 e. The van der Waals surface area contributed by atoms with Crippen molar-refractivity contribution in [1.82, 2.24) is 24.8 Å². The van der Waals surface area contributed by atoms with Gasteiger partial charge in [-0.1, -0.05) is 47.2 Å². The van der Waals surface area contributed by atoms with Crippen LogP contribution < -0.4 is 20.4 Å². The number of nitrogens with one attached hydrogen (secondary N) is 2. The number of rotatable bonds is 9. The lowest BCUT2D eigenvalue weighted by Gasteiger charge is -2.40. The van der Waals surface area contributed by atoms with Gasteiger partial charge < -0.3 is 20.4 Å². The van der Waals surface area contributed by atoms with E-state index in [1.54, 1.807) is 19.3 Å². The molecule has 7 rings (SSSR count). The molecule has 272 valence electrons. The predicted octanol–water partition coefficient (Wildman–Crippen LogP) is 6.10. The van der Waals surface area contributed by atoms with Crippen LogP contribution in [0.2, 0.25) is 5.02 Å². The standard InChI is InChI=1S/C38H44ClN9O3S/c1-24-5-4-6-30(39)35(24)44-36(50)31-22-40-38(52-31)43-32-21-33(42-25(2)41-32)48-15-13-26(14-16-48)23-46-17-19-47(20-18-46)28-9-7-27(8-10-28)29-11-12-34(49)45(3)37(29)51/h4-10,21-22,26,29H,11-20,23H2,1-3H3,(H,44,50)(H,40,41,42,43). The summed E-state index contributed by atoms with van der Waals surface area (Å²) >= 11 is 7.55. The van der Waals surface area contributed by atoms with Gasteiger partial charge in [0.15, 0.2) is 5.13 Å². The van der Waals surface area contributed by atoms with Crippen LogP contribution in [0.3, 0.4) is 0 Å². The molecule has 2 aromatic carbocycles. The number of amides is 3. The largest absolute Gasteiger partial charge is 0.369 e. The van der Waals surface area contributed by atoms with Crippen molar-refractivity contribution >= 4 is 68.8 Å². The first kappa shape index (κ1) is 35.8. The monoisotopic (exact) mass is 741 g/mol. The summed E-state index contributed by atoms with van der Waals surface area (Å²) in [6.45, 7) is 10.8. The topological polar surface area (TPSA) is 127 Å². The Bertz CT molecular complexity index is 1920. The zero-order chi connectivity index (χ0) is 36.4. The van der Waals surface area contributed by atoms with Crippen LogP contribution in [0.5, 0.6) is 0 Å². The van der Waals surface area contributed by atoms with E-state index in [-0.39, 0.29) is 23.6 Å². The third kappa shape index (κ3) is 8.06. The zero-order valence-corrected chi connectivity index (χ0v) is 31.3. The van der Waals surface area contributed by atoms with Crippen LogP contribution in [0.4, 0.5) is 28.1 Å². The number of piperazine rings is 1. The molecule has 0 radical (unpaired) electrons. The second kappa shape index (κ2) is 15.6. The lowest BCUT2D eigenvalue weighted by molar-refractivity contribution is -0.147. The van der Waals surface area contributed by atoms with Crippen molar-refractivity contribution in [3.63, 3.8) is 0 Å². The number of para-hydroxylation sites is 1. The van der Waals surface area contributed by atoms with Crippen LogP contribution in [-0.4, -0.2) is 95.3 Å². The van der Waals surface area contributed by atoms with Crippen LogP contribution in [0.25, 0.3) is 0 Å². The number of thiazole rings is 1. The van der Waals surface area contributed by atoms with Crippen molar-refractivity contribution in [2.24, 2.45) is 5.92 Å². The fourth-order valence-electron chi connectivity index (χ4n) is 7.33. The fourth-order valence-corrected chi connectivity index (χ4v) is 8.32. The summed E-state index contributed by atoms with van der Waals surface area (Å²) in [4.78, 5) is 60.3. The summed E-state index contributed by atoms with van der Waals surface area (Å²) in [7, 11) is 1.58. The molecule has 1 atom stereocenters. The number of carbonyl (C=O) groups is 3. The number of carbonyl (C=O) groups excluding carboxylic acids is 3. The van der Waals surface area contributed by atoms with E-state index in [1.807, 2.05) is 32.0 Å². The maximum Gasteiger partial charge on any atom is 0.267 e. The molecule has 5 heterocycles. The Labute approximate surface area is 313 Å². The number of nitrogens with zero attached hydrogens (tertiary/aromatic N) is 7. The van der Waals surface area contributed by atoms with Crippen molar-refractivity contribution in [3.05, 3.63) is 81.6 Å². The van der Waals surface area contributed by atoms with Gasteiger partial charge >= 0.3 is 0 Å². The quantitative estimate of drug-likeness (QED) is 0.194. The first-order valence-corrected chi connectivity index (χ1v) is 19.1. The number of aromatic nitrogens is 3. The van der Waals surface area contributed by atoms with E-state index in [2.05, 4.69) is 59.6 Å². The minimum absolute atomic E-state index is 0.0948. The van der Waals surface area contributed by atoms with Gasteiger partial charge in [-0.2, -0.15) is 0 Å². The van der Waals surface area contributed by atoms with E-state index < -0.39 is 0 Å². The number of imide groups is 1. The number of piperidine rings is 2. The normalized spacial score (nSPS) is 18.9. The number of likely N-dealkylation sites (N-methyl/N-ethyl adjacent to an activating group) is 1. The molecule has 2 aromatic heterocycles. The predicted molar refractivity (Wildman–Crippen MR) is 206 cm³/mol. The van der Waals surface area contributed by atoms with Gasteiger partial charge in [-0.05, 0) is 68.4 Å². The number of hydrogen-bond donors (Lipinski definition) is 2. The summed E-state index contributed by atoms with van der Waals surface area (Å²) < 4.78 is 0. The summed E-state index contributed by atoms with van der Waals surface area (Å²) in [6.07, 6.45) is 4.75. The lowest BCUT2D eigenvalue weighted by Crippen LogP contribution is -2.49. The smallest absolute Gasteiger partial charge is 0.267 e. The van der Waals surface area contributed by atoms with Gasteiger partial charge in [-0.25, -0.2) is 15.0 Å². The van der Waals surface area contributed by atoms with E-state index in [0.717, 1.165) is 75.6 Å². The van der Waals surface area contributed by atoms with Gasteiger partial charge in [0.25, 0.3) is 5.91 Å². The average molecular weight is 742 g/mol. The molecule has 3 fully saturated rings. The number of hydrogen-bond acceptors (Lipinski definition) is 11. The van der Waals surface area contributed by atoms with Crippen LogP contribution in [0.15, 0.2) is 54.7 Å². The highest BCUT2D eigenvalue weighted by Gasteiger charge is 2.33. The van der Waals surface area contributed by atoms with Gasteiger partial charge in [-0.3, -0.25) is 24.2 Å². The molecule has 0 saturated carbocycles. The number of aryl methyl sites for hydroxylation is 2. The van der Waals surface area contributed by atoms with Crippen molar-refractivity contribution in [1.29, 1.82) is 0 Å². The highest BCUT2D eigenvalue weighted by Crippen LogP contribution is 2.32. The minimum atomic E-state index is -0.264. The van der Waals surface area contributed by atoms with E-state index in [1.165, 1.54) is 21.9 Å². The molecule has 3 aliphatic rings. The number of anilines is 5. The molecule has 0 spiro atoms. The summed E-state index contributed by atoms with van der Waals surface area (Å²) in [5.74, 6) is 2.15. The number of likely N-dealkylation sites (tertiary alicyclic amines) is 1. The van der Waals surface area contributed by atoms with E-state index >= 15 is 0 Å². The number of benzene rings is 2. The van der Waals surface area contributed by atoms with Gasteiger partial charge in [-0.15, -0.1) is 0 Å². The summed E-state index contributed by atoms with van der Waals surface area (Å²) in [5, 5.41) is 7.24. The van der Waals surface area contributed by atoms with Crippen LogP contribution in [0.1, 0.15) is 58.2 Å². The zero-order valence-electron chi connectivity index (χ0n) is 29.8. The van der Waals surface area contributed by atoms with Crippen LogP contribution in [0, 0.1) is 19.8 Å². The van der Waals surface area contributed by atoms with Crippen LogP contribution >= 0.6 is 22.9 Å². The van der Waals surface area contributed by atoms with Gasteiger partial charge in [0.2, 0.25) is 11.8 Å². The molecule has 0 bridgehead atoms. The molecule has 2 N–H and O–H groups in total. The molecule has 14 heteroatoms. The molecule has 3 saturated heterocycles. The average Bonchev–Trinajstić information content (AvgIpc) is 3.61. The molecule has 3 aliphatic heterocycles. The molecule has 1 unspecified atom stereocenters. The molecular weight excluding hydrogens is 698 g/mol. The third-order valence-corrected chi connectivity index (χ3v) is 11.6. The number of halogens is 1. The maximum atomic E-state index is 12.9. The molecule has 12 nitrogen and oxygen atoms in total. The Kier molecular flexibility index (Phi) is 10.7. The summed E-state index contributed by atoms with van der Waals surface area (Å²) in [5.41, 5.74) is 3.66. The van der Waals surface area contributed by atoms with Crippen molar-refractivity contribution in [3.8, 4) is 0 Å². The highest BCUT2D eigenvalue weighted by molar-refractivity contribution is 7.17. The Morgan fingerprint density at radius 1 is 0.942 bits per heavy atom. The lowest BCUT2D eigenvalue weighted by atomic mass is 9.89. The highest BCUT2D eigenvalue weighted by atomic mass is 35.5. The Morgan fingerprint density at radius 3 is 2.42 bits per heavy atom. The fraction of sp³-hybridized carbons (Fsp3) is 0.421. The first-order valence-electron chi connectivity index (χ1n) is 17.9. The van der Waals surface area contributed by atoms with E-state index in [0.29, 0.717) is 51.1 Å². The summed E-state index contributed by atoms with van der Waals surface area (Å²) in [6, 6.07) is 15.8. The molecule has 52 heavy (non-hydrogen) atoms. The van der Waals surface area contributed by atoms with Gasteiger partial charge in [0, 0.05) is 71.0 Å². The van der Waals surface area contributed by atoms with Gasteiger partial charge in [0.1, 0.15) is 22.3 Å². The molecule has 4 aromatic rings. The van der Waals surface area contributed by atoms with Crippen molar-refractivity contribution < 1.29 is 14.4 Å². The van der Waals surface area contributed by atoms with Crippen molar-refractivity contribution in [2.45, 2.75) is 45.4 Å². The Morgan fingerprint density at radius 2 is 1.69 bits per heavy atom. The van der Waals surface area contributed by atoms with E-state index in [4.69, 9.17) is 16.6 Å². The Hall–Kier alpha value is -4.59. The second-order valence-corrected chi connectivity index (χ2v) is 15.3. The molecule has 3 amide bonds. The molecular formula is C38H44ClN9O3S.